The van der Waals surface area contributed by atoms with Gasteiger partial charge in [-0.25, -0.2) is 0 Å². The number of alkyl halides is 1. The number of ether oxygens (including phenoxy) is 2. The molecule has 0 amide bonds. The Labute approximate surface area is 131 Å². The van der Waals surface area contributed by atoms with Crippen molar-refractivity contribution in [2.45, 2.75) is 11.9 Å². The Kier molecular flexibility index (Phi) is 5.15. The largest absolute Gasteiger partial charge is 0.508 e. The summed E-state index contributed by atoms with van der Waals surface area (Å²) in [5, 5.41) is 10.5. The van der Waals surface area contributed by atoms with Gasteiger partial charge in [-0.15, -0.1) is 0 Å². The first-order valence-corrected chi connectivity index (χ1v) is 7.47. The molecule has 0 aliphatic heterocycles. The lowest BCUT2D eigenvalue weighted by atomic mass is 10.2. The van der Waals surface area contributed by atoms with Gasteiger partial charge in [0.25, 0.3) is 0 Å². The van der Waals surface area contributed by atoms with Crippen LogP contribution in [0.3, 0.4) is 0 Å². The first-order valence-electron chi connectivity index (χ1n) is 5.97. The molecule has 0 saturated carbocycles. The van der Waals surface area contributed by atoms with Crippen LogP contribution in [0.4, 0.5) is 0 Å². The fourth-order valence-electron chi connectivity index (χ4n) is 1.79. The molecule has 0 aromatic heterocycles. The van der Waals surface area contributed by atoms with Crippen LogP contribution in [0.1, 0.15) is 11.1 Å². The van der Waals surface area contributed by atoms with E-state index in [0.717, 1.165) is 11.1 Å². The summed E-state index contributed by atoms with van der Waals surface area (Å²) in [4.78, 5) is 0. The number of halogens is 2. The minimum absolute atomic E-state index is 0.235. The van der Waals surface area contributed by atoms with Crippen LogP contribution >= 0.6 is 27.5 Å². The van der Waals surface area contributed by atoms with E-state index in [1.165, 1.54) is 0 Å². The Morgan fingerprint density at radius 3 is 2.50 bits per heavy atom. The monoisotopic (exact) mass is 356 g/mol. The van der Waals surface area contributed by atoms with Crippen LogP contribution in [0.25, 0.3) is 0 Å². The quantitative estimate of drug-likeness (QED) is 0.799. The summed E-state index contributed by atoms with van der Waals surface area (Å²) in [6.07, 6.45) is 0. The van der Waals surface area contributed by atoms with Crippen molar-refractivity contribution in [3.63, 3.8) is 0 Å². The molecular formula is C15H14BrClO3. The number of hydrogen-bond donors (Lipinski definition) is 1. The van der Waals surface area contributed by atoms with E-state index < -0.39 is 0 Å². The number of rotatable bonds is 5. The maximum atomic E-state index is 9.26. The third-order valence-corrected chi connectivity index (χ3v) is 3.60. The van der Waals surface area contributed by atoms with Gasteiger partial charge < -0.3 is 14.6 Å². The molecule has 0 atom stereocenters. The number of aromatic hydroxyl groups is 1. The Bertz CT molecular complexity index is 559. The Morgan fingerprint density at radius 2 is 1.90 bits per heavy atom. The van der Waals surface area contributed by atoms with Crippen molar-refractivity contribution in [1.29, 1.82) is 0 Å². The fraction of sp³-hybridized carbons (Fsp3) is 0.200. The average Bonchev–Trinajstić information content (AvgIpc) is 2.46. The van der Waals surface area contributed by atoms with Gasteiger partial charge in [-0.05, 0) is 23.8 Å². The highest BCUT2D eigenvalue weighted by Gasteiger charge is 2.12. The van der Waals surface area contributed by atoms with Gasteiger partial charge >= 0.3 is 0 Å². The molecule has 5 heteroatoms. The Hall–Kier alpha value is -1.39. The Morgan fingerprint density at radius 1 is 1.20 bits per heavy atom. The van der Waals surface area contributed by atoms with E-state index in [2.05, 4.69) is 15.9 Å². The zero-order valence-corrected chi connectivity index (χ0v) is 13.2. The van der Waals surface area contributed by atoms with Crippen LogP contribution in [-0.4, -0.2) is 12.2 Å². The highest BCUT2D eigenvalue weighted by molar-refractivity contribution is 9.08. The van der Waals surface area contributed by atoms with Crippen molar-refractivity contribution in [2.24, 2.45) is 0 Å². The van der Waals surface area contributed by atoms with Crippen molar-refractivity contribution in [2.75, 3.05) is 7.11 Å². The predicted molar refractivity (Wildman–Crippen MR) is 83.1 cm³/mol. The van der Waals surface area contributed by atoms with E-state index in [0.29, 0.717) is 28.5 Å². The topological polar surface area (TPSA) is 38.7 Å². The van der Waals surface area contributed by atoms with Crippen molar-refractivity contribution in [1.82, 2.24) is 0 Å². The predicted octanol–water partition coefficient (Wildman–Crippen LogP) is 4.53. The number of benzene rings is 2. The molecule has 2 aromatic carbocycles. The van der Waals surface area contributed by atoms with Gasteiger partial charge in [-0.1, -0.05) is 39.7 Å². The number of hydrogen-bond acceptors (Lipinski definition) is 3. The van der Waals surface area contributed by atoms with E-state index >= 15 is 0 Å². The zero-order valence-electron chi connectivity index (χ0n) is 10.9. The molecule has 1 N–H and O–H groups in total. The van der Waals surface area contributed by atoms with Crippen LogP contribution in [0.15, 0.2) is 36.4 Å². The molecule has 2 rings (SSSR count). The third-order valence-electron chi connectivity index (χ3n) is 2.78. The molecule has 0 heterocycles. The summed E-state index contributed by atoms with van der Waals surface area (Å²) in [7, 11) is 1.58. The van der Waals surface area contributed by atoms with Crippen molar-refractivity contribution in [3.8, 4) is 17.2 Å². The molecule has 0 unspecified atom stereocenters. The molecule has 0 saturated heterocycles. The van der Waals surface area contributed by atoms with Crippen molar-refractivity contribution < 1.29 is 14.6 Å². The smallest absolute Gasteiger partial charge is 0.165 e. The van der Waals surface area contributed by atoms with Crippen LogP contribution in [0, 0.1) is 0 Å². The number of methoxy groups -OCH3 is 1. The normalized spacial score (nSPS) is 10.3. The molecule has 3 nitrogen and oxygen atoms in total. The minimum Gasteiger partial charge on any atom is -0.508 e. The summed E-state index contributed by atoms with van der Waals surface area (Å²) in [6, 6.07) is 10.4. The minimum atomic E-state index is 0.235. The van der Waals surface area contributed by atoms with Crippen LogP contribution in [-0.2, 0) is 11.9 Å². The second-order valence-electron chi connectivity index (χ2n) is 4.19. The number of phenolic OH excluding ortho intramolecular Hbond substituents is 1. The van der Waals surface area contributed by atoms with Gasteiger partial charge in [0, 0.05) is 22.0 Å². The highest BCUT2D eigenvalue weighted by atomic mass is 79.9. The second-order valence-corrected chi connectivity index (χ2v) is 5.18. The molecule has 2 aromatic rings. The number of phenols is 1. The second kappa shape index (κ2) is 6.86. The van der Waals surface area contributed by atoms with Gasteiger partial charge in [0.05, 0.1) is 7.11 Å². The molecular weight excluding hydrogens is 344 g/mol. The SMILES string of the molecule is COc1cc(Cl)cc(CBr)c1OCc1ccc(O)cc1. The average molecular weight is 358 g/mol. The summed E-state index contributed by atoms with van der Waals surface area (Å²) in [6.45, 7) is 0.387. The standard InChI is InChI=1S/C15H14BrClO3/c1-19-14-7-12(17)6-11(8-16)15(14)20-9-10-2-4-13(18)5-3-10/h2-7,18H,8-9H2,1H3. The van der Waals surface area contributed by atoms with Crippen LogP contribution in [0.2, 0.25) is 5.02 Å². The maximum absolute atomic E-state index is 9.26. The summed E-state index contributed by atoms with van der Waals surface area (Å²) < 4.78 is 11.1. The summed E-state index contributed by atoms with van der Waals surface area (Å²) in [5.74, 6) is 1.51. The Balaban J connectivity index is 2.21. The van der Waals surface area contributed by atoms with E-state index in [4.69, 9.17) is 21.1 Å². The zero-order chi connectivity index (χ0) is 14.5. The molecule has 0 fully saturated rings. The van der Waals surface area contributed by atoms with Gasteiger partial charge in [0.1, 0.15) is 12.4 Å². The first kappa shape index (κ1) is 15.0. The van der Waals surface area contributed by atoms with E-state index in [1.807, 2.05) is 18.2 Å². The van der Waals surface area contributed by atoms with E-state index in [1.54, 1.807) is 25.3 Å². The van der Waals surface area contributed by atoms with Gasteiger partial charge in [0.15, 0.2) is 11.5 Å². The molecule has 0 aliphatic rings. The maximum Gasteiger partial charge on any atom is 0.165 e. The highest BCUT2D eigenvalue weighted by Crippen LogP contribution is 2.36. The molecule has 20 heavy (non-hydrogen) atoms. The lowest BCUT2D eigenvalue weighted by Gasteiger charge is -2.14. The van der Waals surface area contributed by atoms with Gasteiger partial charge in [-0.3, -0.25) is 0 Å². The van der Waals surface area contributed by atoms with Gasteiger partial charge in [0.2, 0.25) is 0 Å². The summed E-state index contributed by atoms with van der Waals surface area (Å²) >= 11 is 9.44. The molecule has 0 aliphatic carbocycles. The van der Waals surface area contributed by atoms with E-state index in [9.17, 15) is 5.11 Å². The molecule has 0 bridgehead atoms. The molecule has 0 spiro atoms. The van der Waals surface area contributed by atoms with Crippen LogP contribution in [0.5, 0.6) is 17.2 Å². The van der Waals surface area contributed by atoms with Gasteiger partial charge in [-0.2, -0.15) is 0 Å². The third kappa shape index (κ3) is 3.58. The van der Waals surface area contributed by atoms with Crippen molar-refractivity contribution >= 4 is 27.5 Å². The van der Waals surface area contributed by atoms with Crippen molar-refractivity contribution in [3.05, 3.63) is 52.5 Å². The lowest BCUT2D eigenvalue weighted by molar-refractivity contribution is 0.282. The molecule has 106 valence electrons. The summed E-state index contributed by atoms with van der Waals surface area (Å²) in [5.41, 5.74) is 1.88. The van der Waals surface area contributed by atoms with Crippen LogP contribution < -0.4 is 9.47 Å². The first-order chi connectivity index (χ1) is 9.63. The molecule has 0 radical (unpaired) electrons. The van der Waals surface area contributed by atoms with E-state index in [-0.39, 0.29) is 5.75 Å². The fourth-order valence-corrected chi connectivity index (χ4v) is 2.43. The lowest BCUT2D eigenvalue weighted by Crippen LogP contribution is -2.00.